The van der Waals surface area contributed by atoms with Gasteiger partial charge < -0.3 is 5.32 Å². The molecule has 0 aromatic carbocycles. The van der Waals surface area contributed by atoms with Crippen molar-refractivity contribution in [2.45, 2.75) is 63.5 Å². The minimum atomic E-state index is -0.877. The van der Waals surface area contributed by atoms with E-state index in [4.69, 9.17) is 0 Å². The average molecular weight is 309 g/mol. The van der Waals surface area contributed by atoms with Crippen molar-refractivity contribution in [3.63, 3.8) is 0 Å². The van der Waals surface area contributed by atoms with Crippen LogP contribution in [0.4, 0.5) is 5.82 Å². The molecule has 0 radical (unpaired) electrons. The maximum Gasteiger partial charge on any atom is 0.228 e. The first kappa shape index (κ1) is 14.8. The van der Waals surface area contributed by atoms with Gasteiger partial charge in [-0.3, -0.25) is 9.00 Å². The van der Waals surface area contributed by atoms with Crippen LogP contribution < -0.4 is 5.32 Å². The molecule has 1 N–H and O–H groups in total. The van der Waals surface area contributed by atoms with Crippen molar-refractivity contribution in [3.05, 3.63) is 11.3 Å². The van der Waals surface area contributed by atoms with E-state index in [-0.39, 0.29) is 17.4 Å². The molecule has 5 nitrogen and oxygen atoms in total. The van der Waals surface area contributed by atoms with Gasteiger partial charge in [-0.1, -0.05) is 12.8 Å². The molecule has 1 atom stereocenters. The van der Waals surface area contributed by atoms with Gasteiger partial charge in [0.05, 0.1) is 22.7 Å². The van der Waals surface area contributed by atoms with Gasteiger partial charge in [-0.05, 0) is 33.6 Å². The Morgan fingerprint density at radius 2 is 1.95 bits per heavy atom. The summed E-state index contributed by atoms with van der Waals surface area (Å²) in [5, 5.41) is 7.69. The monoisotopic (exact) mass is 309 g/mol. The maximum absolute atomic E-state index is 12.4. The highest BCUT2D eigenvalue weighted by Gasteiger charge is 2.32. The second-order valence-corrected chi connectivity index (χ2v) is 8.51. The average Bonchev–Trinajstić information content (AvgIpc) is 3.05. The molecule has 116 valence electrons. The Bertz CT molecular complexity index is 595. The van der Waals surface area contributed by atoms with Crippen LogP contribution in [0, 0.1) is 5.92 Å². The number of nitrogens with zero attached hydrogens (tertiary/aromatic N) is 2. The van der Waals surface area contributed by atoms with Crippen LogP contribution >= 0.6 is 0 Å². The van der Waals surface area contributed by atoms with Gasteiger partial charge in [-0.25, -0.2) is 4.68 Å². The molecule has 3 rings (SSSR count). The largest absolute Gasteiger partial charge is 0.310 e. The molecular weight excluding hydrogens is 286 g/mol. The van der Waals surface area contributed by atoms with Crippen LogP contribution in [-0.2, 0) is 32.6 Å². The van der Waals surface area contributed by atoms with Gasteiger partial charge in [0.15, 0.2) is 0 Å². The van der Waals surface area contributed by atoms with Gasteiger partial charge in [0.25, 0.3) is 0 Å². The molecule has 1 fully saturated rings. The number of amides is 1. The first-order chi connectivity index (χ1) is 9.86. The van der Waals surface area contributed by atoms with Gasteiger partial charge in [0.1, 0.15) is 5.82 Å². The zero-order chi connectivity index (χ0) is 15.2. The number of anilines is 1. The quantitative estimate of drug-likeness (QED) is 0.913. The topological polar surface area (TPSA) is 64.0 Å². The summed E-state index contributed by atoms with van der Waals surface area (Å²) >= 11 is 0. The van der Waals surface area contributed by atoms with E-state index in [1.807, 2.05) is 4.68 Å². The zero-order valence-corrected chi connectivity index (χ0v) is 13.8. The fourth-order valence-electron chi connectivity index (χ4n) is 3.15. The molecule has 1 aromatic heterocycles. The molecule has 0 spiro atoms. The number of nitrogens with one attached hydrogen (secondary N) is 1. The third-order valence-corrected chi connectivity index (χ3v) is 5.48. The van der Waals surface area contributed by atoms with E-state index in [2.05, 4.69) is 31.2 Å². The van der Waals surface area contributed by atoms with Gasteiger partial charge in [-0.15, -0.1) is 0 Å². The van der Waals surface area contributed by atoms with Crippen LogP contribution in [0.5, 0.6) is 0 Å². The maximum atomic E-state index is 12.4. The Morgan fingerprint density at radius 3 is 2.57 bits per heavy atom. The lowest BCUT2D eigenvalue weighted by Crippen LogP contribution is -2.29. The van der Waals surface area contributed by atoms with Crippen molar-refractivity contribution in [1.29, 1.82) is 0 Å². The Kier molecular flexibility index (Phi) is 3.67. The molecule has 1 saturated carbocycles. The van der Waals surface area contributed by atoms with Crippen molar-refractivity contribution in [1.82, 2.24) is 9.78 Å². The van der Waals surface area contributed by atoms with E-state index >= 15 is 0 Å². The molecule has 1 aliphatic carbocycles. The van der Waals surface area contributed by atoms with Gasteiger partial charge in [-0.2, -0.15) is 5.10 Å². The fraction of sp³-hybridized carbons (Fsp3) is 0.733. The molecule has 0 bridgehead atoms. The van der Waals surface area contributed by atoms with Crippen molar-refractivity contribution in [2.24, 2.45) is 5.92 Å². The molecule has 2 heterocycles. The normalized spacial score (nSPS) is 22.5. The molecule has 0 saturated heterocycles. The Hall–Kier alpha value is -1.17. The van der Waals surface area contributed by atoms with Crippen LogP contribution in [-0.4, -0.2) is 19.9 Å². The number of aromatic nitrogens is 2. The Balaban J connectivity index is 1.92. The summed E-state index contributed by atoms with van der Waals surface area (Å²) in [6, 6.07) is 0. The van der Waals surface area contributed by atoms with Gasteiger partial charge in [0.2, 0.25) is 5.91 Å². The first-order valence-electron chi connectivity index (χ1n) is 7.63. The van der Waals surface area contributed by atoms with Crippen molar-refractivity contribution < 1.29 is 9.00 Å². The summed E-state index contributed by atoms with van der Waals surface area (Å²) < 4.78 is 13.7. The second-order valence-electron chi connectivity index (χ2n) is 7.06. The lowest BCUT2D eigenvalue weighted by Gasteiger charge is -2.24. The van der Waals surface area contributed by atoms with Crippen molar-refractivity contribution in [3.8, 4) is 0 Å². The summed E-state index contributed by atoms with van der Waals surface area (Å²) in [5.74, 6) is 1.99. The summed E-state index contributed by atoms with van der Waals surface area (Å²) in [6.07, 6.45) is 4.23. The third-order valence-electron chi connectivity index (χ3n) is 4.27. The zero-order valence-electron chi connectivity index (χ0n) is 12.9. The van der Waals surface area contributed by atoms with E-state index in [0.29, 0.717) is 11.5 Å². The molecule has 6 heteroatoms. The molecule has 2 aliphatic rings. The molecule has 21 heavy (non-hydrogen) atoms. The minimum Gasteiger partial charge on any atom is -0.310 e. The standard InChI is InChI=1S/C15H23N3O2S/c1-15(2,3)18-13(11-8-21(20)9-12(11)17-18)16-14(19)10-6-4-5-7-10/h10H,4-9H2,1-3H3,(H,16,19)/t21-/m0/s1. The molecule has 1 amide bonds. The number of fused-ring (bicyclic) bond motifs is 1. The Labute approximate surface area is 127 Å². The molecule has 0 unspecified atom stereocenters. The lowest BCUT2D eigenvalue weighted by atomic mass is 10.1. The van der Waals surface area contributed by atoms with Crippen molar-refractivity contribution >= 4 is 22.5 Å². The predicted molar refractivity (Wildman–Crippen MR) is 83.4 cm³/mol. The highest BCUT2D eigenvalue weighted by molar-refractivity contribution is 7.83. The number of hydrogen-bond donors (Lipinski definition) is 1. The first-order valence-corrected chi connectivity index (χ1v) is 9.12. The van der Waals surface area contributed by atoms with Crippen molar-refractivity contribution in [2.75, 3.05) is 5.32 Å². The number of carbonyl (C=O) groups is 1. The van der Waals surface area contributed by atoms with Crippen LogP contribution in [0.15, 0.2) is 0 Å². The van der Waals surface area contributed by atoms with E-state index in [0.717, 1.165) is 42.8 Å². The number of carbonyl (C=O) groups excluding carboxylic acids is 1. The Morgan fingerprint density at radius 1 is 1.29 bits per heavy atom. The van der Waals surface area contributed by atoms with E-state index in [9.17, 15) is 9.00 Å². The SMILES string of the molecule is CC(C)(C)n1nc2c(c1NC(=O)C1CCCC1)C[S@](=O)C2. The number of rotatable bonds is 2. The smallest absolute Gasteiger partial charge is 0.228 e. The summed E-state index contributed by atoms with van der Waals surface area (Å²) in [7, 11) is -0.877. The second kappa shape index (κ2) is 5.23. The third kappa shape index (κ3) is 2.78. The van der Waals surface area contributed by atoms with Crippen LogP contribution in [0.2, 0.25) is 0 Å². The molecular formula is C15H23N3O2S. The minimum absolute atomic E-state index is 0.0957. The van der Waals surface area contributed by atoms with E-state index < -0.39 is 10.8 Å². The lowest BCUT2D eigenvalue weighted by molar-refractivity contribution is -0.119. The summed E-state index contributed by atoms with van der Waals surface area (Å²) in [4.78, 5) is 12.4. The van der Waals surface area contributed by atoms with Gasteiger partial charge in [0, 0.05) is 22.3 Å². The number of hydrogen-bond acceptors (Lipinski definition) is 3. The predicted octanol–water partition coefficient (Wildman–Crippen LogP) is 2.53. The van der Waals surface area contributed by atoms with E-state index in [1.54, 1.807) is 0 Å². The van der Waals surface area contributed by atoms with Crippen LogP contribution in [0.3, 0.4) is 0 Å². The highest BCUT2D eigenvalue weighted by Crippen LogP contribution is 2.34. The highest BCUT2D eigenvalue weighted by atomic mass is 32.2. The summed E-state index contributed by atoms with van der Waals surface area (Å²) in [6.45, 7) is 6.20. The fourth-order valence-corrected chi connectivity index (χ4v) is 4.41. The van der Waals surface area contributed by atoms with Crippen LogP contribution in [0.1, 0.15) is 57.7 Å². The van der Waals surface area contributed by atoms with Gasteiger partial charge >= 0.3 is 0 Å². The summed E-state index contributed by atoms with van der Waals surface area (Å²) in [5.41, 5.74) is 1.64. The van der Waals surface area contributed by atoms with E-state index in [1.165, 1.54) is 0 Å². The molecule has 1 aliphatic heterocycles. The molecule has 1 aromatic rings. The van der Waals surface area contributed by atoms with Crippen LogP contribution in [0.25, 0.3) is 0 Å².